The predicted octanol–water partition coefficient (Wildman–Crippen LogP) is 4.50. The average molecular weight is 426 g/mol. The standard InChI is InChI=1S/C22H24FN5OS/c1-15-13-18(30-22-24-11-4-12-25-22)9-10-19(15)27-21(29)26-14-20(28(2)3)16-5-7-17(23)8-6-16/h4-13,20H,14H2,1-3H3,(H2,26,27,29). The summed E-state index contributed by atoms with van der Waals surface area (Å²) < 4.78 is 13.2. The Hall–Kier alpha value is -2.97. The van der Waals surface area contributed by atoms with Crippen LogP contribution in [0, 0.1) is 12.7 Å². The first kappa shape index (κ1) is 21.7. The van der Waals surface area contributed by atoms with Crippen LogP contribution < -0.4 is 10.6 Å². The van der Waals surface area contributed by atoms with Crippen LogP contribution in [-0.4, -0.2) is 41.5 Å². The van der Waals surface area contributed by atoms with Gasteiger partial charge in [0.25, 0.3) is 0 Å². The van der Waals surface area contributed by atoms with E-state index in [9.17, 15) is 9.18 Å². The molecular formula is C22H24FN5OS. The molecule has 0 aliphatic carbocycles. The number of nitrogens with one attached hydrogen (secondary N) is 2. The number of anilines is 1. The first-order valence-corrected chi connectivity index (χ1v) is 10.3. The molecule has 6 nitrogen and oxygen atoms in total. The highest BCUT2D eigenvalue weighted by Gasteiger charge is 2.16. The maximum atomic E-state index is 13.2. The summed E-state index contributed by atoms with van der Waals surface area (Å²) in [6, 6.07) is 13.5. The van der Waals surface area contributed by atoms with E-state index in [1.165, 1.54) is 23.9 Å². The van der Waals surface area contributed by atoms with Gasteiger partial charge in [-0.15, -0.1) is 0 Å². The van der Waals surface area contributed by atoms with Gasteiger partial charge in [0.05, 0.1) is 6.04 Å². The molecule has 0 saturated heterocycles. The second kappa shape index (κ2) is 10.2. The van der Waals surface area contributed by atoms with Gasteiger partial charge in [-0.1, -0.05) is 12.1 Å². The monoisotopic (exact) mass is 425 g/mol. The SMILES string of the molecule is Cc1cc(Sc2ncccn2)ccc1NC(=O)NCC(c1ccc(F)cc1)N(C)C. The predicted molar refractivity (Wildman–Crippen MR) is 117 cm³/mol. The molecule has 2 aromatic carbocycles. The summed E-state index contributed by atoms with van der Waals surface area (Å²) in [5.41, 5.74) is 2.60. The van der Waals surface area contributed by atoms with E-state index in [0.29, 0.717) is 11.7 Å². The molecule has 8 heteroatoms. The summed E-state index contributed by atoms with van der Waals surface area (Å²) in [6.07, 6.45) is 3.41. The number of aryl methyl sites for hydroxylation is 1. The third kappa shape index (κ3) is 6.01. The first-order chi connectivity index (χ1) is 14.4. The number of carbonyl (C=O) groups is 1. The van der Waals surface area contributed by atoms with Crippen LogP contribution in [0.25, 0.3) is 0 Å². The number of halogens is 1. The molecular weight excluding hydrogens is 401 g/mol. The Morgan fingerprint density at radius 3 is 2.47 bits per heavy atom. The van der Waals surface area contributed by atoms with Gasteiger partial charge in [-0.2, -0.15) is 0 Å². The largest absolute Gasteiger partial charge is 0.336 e. The van der Waals surface area contributed by atoms with Gasteiger partial charge in [-0.05, 0) is 80.3 Å². The lowest BCUT2D eigenvalue weighted by Gasteiger charge is -2.25. The summed E-state index contributed by atoms with van der Waals surface area (Å²) in [4.78, 5) is 23.8. The third-order valence-electron chi connectivity index (χ3n) is 4.53. The summed E-state index contributed by atoms with van der Waals surface area (Å²) in [5.74, 6) is -0.280. The van der Waals surface area contributed by atoms with Crippen LogP contribution in [0.5, 0.6) is 0 Å². The molecule has 2 N–H and O–H groups in total. The molecule has 0 spiro atoms. The van der Waals surface area contributed by atoms with Crippen LogP contribution in [-0.2, 0) is 0 Å². The molecule has 156 valence electrons. The van der Waals surface area contributed by atoms with Crippen molar-refractivity contribution in [2.75, 3.05) is 26.0 Å². The van der Waals surface area contributed by atoms with E-state index in [1.807, 2.05) is 44.1 Å². The van der Waals surface area contributed by atoms with Crippen LogP contribution in [0.3, 0.4) is 0 Å². The molecule has 1 aromatic heterocycles. The molecule has 0 bridgehead atoms. The average Bonchev–Trinajstić information content (AvgIpc) is 2.72. The Labute approximate surface area is 179 Å². The molecule has 3 aromatic rings. The van der Waals surface area contributed by atoms with Crippen molar-refractivity contribution in [3.8, 4) is 0 Å². The molecule has 0 fully saturated rings. The molecule has 0 saturated carbocycles. The maximum Gasteiger partial charge on any atom is 0.319 e. The molecule has 0 aliphatic heterocycles. The van der Waals surface area contributed by atoms with E-state index in [2.05, 4.69) is 20.6 Å². The van der Waals surface area contributed by atoms with E-state index in [1.54, 1.807) is 30.6 Å². The van der Waals surface area contributed by atoms with Gasteiger partial charge in [-0.25, -0.2) is 19.2 Å². The van der Waals surface area contributed by atoms with Crippen molar-refractivity contribution in [3.63, 3.8) is 0 Å². The number of urea groups is 1. The zero-order valence-electron chi connectivity index (χ0n) is 17.1. The number of rotatable bonds is 7. The van der Waals surface area contributed by atoms with Crippen molar-refractivity contribution >= 4 is 23.5 Å². The summed E-state index contributed by atoms with van der Waals surface area (Å²) in [5, 5.41) is 6.46. The van der Waals surface area contributed by atoms with Gasteiger partial charge >= 0.3 is 6.03 Å². The van der Waals surface area contributed by atoms with Crippen molar-refractivity contribution in [2.24, 2.45) is 0 Å². The summed E-state index contributed by atoms with van der Waals surface area (Å²) in [7, 11) is 3.84. The number of carbonyl (C=O) groups excluding carboxylic acids is 1. The van der Waals surface area contributed by atoms with Crippen molar-refractivity contribution < 1.29 is 9.18 Å². The van der Waals surface area contributed by atoms with Crippen LogP contribution >= 0.6 is 11.8 Å². The topological polar surface area (TPSA) is 70.1 Å². The van der Waals surface area contributed by atoms with Crippen LogP contribution in [0.15, 0.2) is 71.0 Å². The van der Waals surface area contributed by atoms with Crippen LogP contribution in [0.1, 0.15) is 17.2 Å². The summed E-state index contributed by atoms with van der Waals surface area (Å²) >= 11 is 1.46. The van der Waals surface area contributed by atoms with Gasteiger partial charge in [0.15, 0.2) is 5.16 Å². The van der Waals surface area contributed by atoms with E-state index in [-0.39, 0.29) is 17.9 Å². The van der Waals surface area contributed by atoms with Crippen molar-refractivity contribution in [2.45, 2.75) is 23.0 Å². The van der Waals surface area contributed by atoms with Crippen LogP contribution in [0.4, 0.5) is 14.9 Å². The fourth-order valence-corrected chi connectivity index (χ4v) is 3.73. The van der Waals surface area contributed by atoms with Crippen molar-refractivity contribution in [1.29, 1.82) is 0 Å². The highest BCUT2D eigenvalue weighted by atomic mass is 32.2. The minimum Gasteiger partial charge on any atom is -0.336 e. The van der Waals surface area contributed by atoms with Gasteiger partial charge < -0.3 is 15.5 Å². The maximum absolute atomic E-state index is 13.2. The molecule has 0 aliphatic rings. The number of likely N-dealkylation sites (N-methyl/N-ethyl adjacent to an activating group) is 1. The van der Waals surface area contributed by atoms with Gasteiger partial charge in [0.1, 0.15) is 5.82 Å². The quantitative estimate of drug-likeness (QED) is 0.546. The highest BCUT2D eigenvalue weighted by Crippen LogP contribution is 2.28. The second-order valence-electron chi connectivity index (χ2n) is 6.98. The molecule has 30 heavy (non-hydrogen) atoms. The van der Waals surface area contributed by atoms with E-state index >= 15 is 0 Å². The van der Waals surface area contributed by atoms with Gasteiger partial charge in [0.2, 0.25) is 0 Å². The zero-order valence-corrected chi connectivity index (χ0v) is 17.9. The fourth-order valence-electron chi connectivity index (χ4n) is 2.92. The molecule has 3 rings (SSSR count). The number of hydrogen-bond acceptors (Lipinski definition) is 5. The molecule has 1 unspecified atom stereocenters. The van der Waals surface area contributed by atoms with Crippen molar-refractivity contribution in [3.05, 3.63) is 77.9 Å². The third-order valence-corrected chi connectivity index (χ3v) is 5.41. The Kier molecular flexibility index (Phi) is 7.37. The number of aromatic nitrogens is 2. The Bertz CT molecular complexity index is 983. The Balaban J connectivity index is 1.59. The van der Waals surface area contributed by atoms with E-state index in [0.717, 1.165) is 21.7 Å². The minimum atomic E-state index is -0.293. The smallest absolute Gasteiger partial charge is 0.319 e. The Morgan fingerprint density at radius 2 is 1.83 bits per heavy atom. The number of benzene rings is 2. The zero-order chi connectivity index (χ0) is 21.5. The number of amides is 2. The lowest BCUT2D eigenvalue weighted by molar-refractivity contribution is 0.243. The highest BCUT2D eigenvalue weighted by molar-refractivity contribution is 7.99. The lowest BCUT2D eigenvalue weighted by Crippen LogP contribution is -2.37. The number of nitrogens with zero attached hydrogens (tertiary/aromatic N) is 3. The number of hydrogen-bond donors (Lipinski definition) is 2. The lowest BCUT2D eigenvalue weighted by atomic mass is 10.1. The van der Waals surface area contributed by atoms with Gasteiger partial charge in [-0.3, -0.25) is 0 Å². The molecule has 1 heterocycles. The van der Waals surface area contributed by atoms with Crippen molar-refractivity contribution in [1.82, 2.24) is 20.2 Å². The fraction of sp³-hybridized carbons (Fsp3) is 0.227. The molecule has 0 radical (unpaired) electrons. The van der Waals surface area contributed by atoms with E-state index in [4.69, 9.17) is 0 Å². The van der Waals surface area contributed by atoms with E-state index < -0.39 is 0 Å². The first-order valence-electron chi connectivity index (χ1n) is 9.44. The van der Waals surface area contributed by atoms with Crippen LogP contribution in [0.2, 0.25) is 0 Å². The summed E-state index contributed by atoms with van der Waals surface area (Å²) in [6.45, 7) is 2.33. The second-order valence-corrected chi connectivity index (χ2v) is 8.02. The molecule has 2 amide bonds. The Morgan fingerprint density at radius 1 is 1.13 bits per heavy atom. The minimum absolute atomic E-state index is 0.0675. The van der Waals surface area contributed by atoms with Gasteiger partial charge in [0, 0.05) is 29.5 Å². The normalized spacial score (nSPS) is 11.9. The molecule has 1 atom stereocenters.